The van der Waals surface area contributed by atoms with E-state index in [0.29, 0.717) is 11.3 Å². The molecule has 0 spiro atoms. The van der Waals surface area contributed by atoms with Crippen molar-refractivity contribution in [1.29, 1.82) is 0 Å². The Morgan fingerprint density at radius 2 is 1.95 bits per heavy atom. The molecule has 0 bridgehead atoms. The number of thiophene rings is 1. The Hall–Kier alpha value is -2.13. The van der Waals surface area contributed by atoms with Gasteiger partial charge in [-0.25, -0.2) is 4.79 Å². The Morgan fingerprint density at radius 1 is 1.21 bits per heavy atom. The Kier molecular flexibility index (Phi) is 4.31. The van der Waals surface area contributed by atoms with E-state index in [0.717, 1.165) is 10.5 Å². The van der Waals surface area contributed by atoms with Crippen LogP contribution in [0.3, 0.4) is 0 Å². The van der Waals surface area contributed by atoms with Gasteiger partial charge >= 0.3 is 5.97 Å². The summed E-state index contributed by atoms with van der Waals surface area (Å²) in [6, 6.07) is 12.9. The van der Waals surface area contributed by atoms with Crippen molar-refractivity contribution in [1.82, 2.24) is 0 Å². The van der Waals surface area contributed by atoms with Crippen LogP contribution < -0.4 is 4.74 Å². The summed E-state index contributed by atoms with van der Waals surface area (Å²) in [5.74, 6) is 0.185. The molecule has 3 heteroatoms. The number of carbonyl (C=O) groups is 1. The molecule has 0 atom stereocenters. The quantitative estimate of drug-likeness (QED) is 0.358. The van der Waals surface area contributed by atoms with Crippen molar-refractivity contribution in [2.45, 2.75) is 6.92 Å². The Morgan fingerprint density at radius 3 is 2.53 bits per heavy atom. The second-order valence-electron chi connectivity index (χ2n) is 3.94. The van der Waals surface area contributed by atoms with E-state index in [1.807, 2.05) is 42.6 Å². The van der Waals surface area contributed by atoms with E-state index in [4.69, 9.17) is 4.74 Å². The zero-order chi connectivity index (χ0) is 13.7. The molecule has 0 aliphatic rings. The maximum absolute atomic E-state index is 12.3. The average molecular weight is 270 g/mol. The van der Waals surface area contributed by atoms with Crippen LogP contribution in [0.15, 0.2) is 66.1 Å². The highest BCUT2D eigenvalue weighted by Crippen LogP contribution is 2.26. The molecule has 0 amide bonds. The molecule has 2 nitrogen and oxygen atoms in total. The number of esters is 1. The summed E-state index contributed by atoms with van der Waals surface area (Å²) in [5.41, 5.74) is 1.37. The van der Waals surface area contributed by atoms with Crippen molar-refractivity contribution in [3.63, 3.8) is 0 Å². The van der Waals surface area contributed by atoms with E-state index in [1.165, 1.54) is 11.3 Å². The Balaban J connectivity index is 2.31. The first kappa shape index (κ1) is 13.3. The monoisotopic (exact) mass is 270 g/mol. The highest BCUT2D eigenvalue weighted by Gasteiger charge is 2.17. The lowest BCUT2D eigenvalue weighted by molar-refractivity contribution is -0.127. The minimum atomic E-state index is -0.356. The Labute approximate surface area is 116 Å². The minimum absolute atomic E-state index is 0.356. The fraction of sp³-hybridized carbons (Fsp3) is 0.0625. The first-order valence-corrected chi connectivity index (χ1v) is 6.74. The number of para-hydroxylation sites is 1. The smallest absolute Gasteiger partial charge is 0.345 e. The molecular formula is C16H14O2S. The van der Waals surface area contributed by atoms with Crippen molar-refractivity contribution in [2.24, 2.45) is 0 Å². The standard InChI is InChI=1S/C16H14O2S/c1-3-12(2)15(14-10-7-11-19-14)16(17)18-13-8-5-4-6-9-13/h3-11H,1H2,2H3. The van der Waals surface area contributed by atoms with Gasteiger partial charge in [0.15, 0.2) is 0 Å². The zero-order valence-electron chi connectivity index (χ0n) is 10.6. The van der Waals surface area contributed by atoms with Crippen molar-refractivity contribution in [3.05, 3.63) is 70.9 Å². The zero-order valence-corrected chi connectivity index (χ0v) is 11.4. The SMILES string of the molecule is C=CC(C)=C(C(=O)Oc1ccccc1)c1cccs1. The summed E-state index contributed by atoms with van der Waals surface area (Å²) in [4.78, 5) is 13.2. The van der Waals surface area contributed by atoms with E-state index in [2.05, 4.69) is 6.58 Å². The van der Waals surface area contributed by atoms with Gasteiger partial charge in [-0.15, -0.1) is 11.3 Å². The van der Waals surface area contributed by atoms with E-state index in [9.17, 15) is 4.79 Å². The summed E-state index contributed by atoms with van der Waals surface area (Å²) in [5, 5.41) is 1.93. The molecule has 2 aromatic rings. The van der Waals surface area contributed by atoms with Crippen molar-refractivity contribution in [3.8, 4) is 5.75 Å². The molecule has 0 saturated heterocycles. The summed E-state index contributed by atoms with van der Waals surface area (Å²) in [7, 11) is 0. The third kappa shape index (κ3) is 3.20. The lowest BCUT2D eigenvalue weighted by Gasteiger charge is -2.08. The average Bonchev–Trinajstić information content (AvgIpc) is 2.93. The highest BCUT2D eigenvalue weighted by atomic mass is 32.1. The number of rotatable bonds is 4. The van der Waals surface area contributed by atoms with Gasteiger partial charge in [-0.3, -0.25) is 0 Å². The summed E-state index contributed by atoms with van der Waals surface area (Å²) in [6.07, 6.45) is 1.67. The summed E-state index contributed by atoms with van der Waals surface area (Å²) >= 11 is 1.51. The number of hydrogen-bond donors (Lipinski definition) is 0. The molecular weight excluding hydrogens is 256 g/mol. The number of carbonyl (C=O) groups excluding carboxylic acids is 1. The summed E-state index contributed by atoms with van der Waals surface area (Å²) < 4.78 is 5.39. The molecule has 0 N–H and O–H groups in total. The fourth-order valence-corrected chi connectivity index (χ4v) is 2.45. The molecule has 1 aromatic heterocycles. The highest BCUT2D eigenvalue weighted by molar-refractivity contribution is 7.11. The van der Waals surface area contributed by atoms with Crippen LogP contribution in [-0.2, 0) is 4.79 Å². The molecule has 1 heterocycles. The number of benzene rings is 1. The molecule has 0 aliphatic heterocycles. The van der Waals surface area contributed by atoms with E-state index >= 15 is 0 Å². The van der Waals surface area contributed by atoms with Crippen LogP contribution in [0.25, 0.3) is 5.57 Å². The van der Waals surface area contributed by atoms with Crippen LogP contribution in [-0.4, -0.2) is 5.97 Å². The number of ether oxygens (including phenoxy) is 1. The van der Waals surface area contributed by atoms with Gasteiger partial charge in [0.1, 0.15) is 5.75 Å². The molecule has 96 valence electrons. The van der Waals surface area contributed by atoms with E-state index < -0.39 is 0 Å². The van der Waals surface area contributed by atoms with E-state index in [-0.39, 0.29) is 5.97 Å². The molecule has 19 heavy (non-hydrogen) atoms. The van der Waals surface area contributed by atoms with Gasteiger partial charge < -0.3 is 4.74 Å². The summed E-state index contributed by atoms with van der Waals surface area (Å²) in [6.45, 7) is 5.58. The number of allylic oxidation sites excluding steroid dienone is 2. The van der Waals surface area contributed by atoms with Gasteiger partial charge in [-0.2, -0.15) is 0 Å². The molecule has 1 aromatic carbocycles. The third-order valence-corrected chi connectivity index (χ3v) is 3.51. The lowest BCUT2D eigenvalue weighted by Crippen LogP contribution is -2.11. The molecule has 0 unspecified atom stereocenters. The van der Waals surface area contributed by atoms with Gasteiger partial charge in [0.25, 0.3) is 0 Å². The maximum Gasteiger partial charge on any atom is 0.345 e. The van der Waals surface area contributed by atoms with Gasteiger partial charge in [0.2, 0.25) is 0 Å². The van der Waals surface area contributed by atoms with Gasteiger partial charge in [-0.1, -0.05) is 36.9 Å². The maximum atomic E-state index is 12.3. The topological polar surface area (TPSA) is 26.3 Å². The van der Waals surface area contributed by atoms with Crippen molar-refractivity contribution in [2.75, 3.05) is 0 Å². The predicted molar refractivity (Wildman–Crippen MR) is 79.2 cm³/mol. The molecule has 0 saturated carbocycles. The Bertz CT molecular complexity index is 595. The van der Waals surface area contributed by atoms with Crippen LogP contribution in [0.4, 0.5) is 0 Å². The van der Waals surface area contributed by atoms with Gasteiger partial charge in [0, 0.05) is 4.88 Å². The van der Waals surface area contributed by atoms with Crippen molar-refractivity contribution < 1.29 is 9.53 Å². The van der Waals surface area contributed by atoms with Crippen LogP contribution >= 0.6 is 11.3 Å². The van der Waals surface area contributed by atoms with Gasteiger partial charge in [-0.05, 0) is 36.1 Å². The fourth-order valence-electron chi connectivity index (χ4n) is 1.63. The molecule has 0 fully saturated rings. The van der Waals surface area contributed by atoms with Crippen molar-refractivity contribution >= 4 is 22.9 Å². The molecule has 0 radical (unpaired) electrons. The van der Waals surface area contributed by atoms with Crippen LogP contribution in [0.5, 0.6) is 5.75 Å². The largest absolute Gasteiger partial charge is 0.423 e. The first-order chi connectivity index (χ1) is 9.22. The van der Waals surface area contributed by atoms with Crippen LogP contribution in [0.1, 0.15) is 11.8 Å². The molecule has 0 aliphatic carbocycles. The van der Waals surface area contributed by atoms with E-state index in [1.54, 1.807) is 18.2 Å². The second-order valence-corrected chi connectivity index (χ2v) is 4.89. The lowest BCUT2D eigenvalue weighted by atomic mass is 10.1. The van der Waals surface area contributed by atoms with Crippen LogP contribution in [0.2, 0.25) is 0 Å². The normalized spacial score (nSPS) is 11.6. The number of hydrogen-bond acceptors (Lipinski definition) is 3. The second kappa shape index (κ2) is 6.16. The first-order valence-electron chi connectivity index (χ1n) is 5.87. The van der Waals surface area contributed by atoms with Crippen LogP contribution in [0, 0.1) is 0 Å². The minimum Gasteiger partial charge on any atom is -0.423 e. The predicted octanol–water partition coefficient (Wildman–Crippen LogP) is 4.31. The van der Waals surface area contributed by atoms with Gasteiger partial charge in [0.05, 0.1) is 5.57 Å². The molecule has 2 rings (SSSR count). The third-order valence-electron chi connectivity index (χ3n) is 2.63.